The second-order valence-electron chi connectivity index (χ2n) is 6.66. The Balaban J connectivity index is 1.40. The van der Waals surface area contributed by atoms with Crippen LogP contribution in [-0.4, -0.2) is 28.3 Å². The maximum absolute atomic E-state index is 9.68. The number of nitrogens with zero attached hydrogens (tertiary/aromatic N) is 1. The Hall–Kier alpha value is -2.21. The molecule has 3 aromatic rings. The number of ether oxygens (including phenoxy) is 1. The first kappa shape index (κ1) is 16.3. The molecule has 0 aliphatic heterocycles. The summed E-state index contributed by atoms with van der Waals surface area (Å²) in [5, 5.41) is 9.68. The van der Waals surface area contributed by atoms with Crippen LogP contribution in [0.4, 0.5) is 0 Å². The van der Waals surface area contributed by atoms with E-state index < -0.39 is 6.10 Å². The predicted molar refractivity (Wildman–Crippen MR) is 95.9 cm³/mol. The minimum absolute atomic E-state index is 0.120. The van der Waals surface area contributed by atoms with Gasteiger partial charge in [-0.1, -0.05) is 24.3 Å². The average molecular weight is 338 g/mol. The molecule has 1 saturated carbocycles. The van der Waals surface area contributed by atoms with Crippen molar-refractivity contribution < 1.29 is 14.3 Å². The summed E-state index contributed by atoms with van der Waals surface area (Å²) in [6, 6.07) is 15.6. The SMILES string of the molecule is N[C@H]1C[C@H](OCc2ccc(-c3nc4ccccc4o3)cc2)CC[C@@H]1O. The topological polar surface area (TPSA) is 81.5 Å². The highest BCUT2D eigenvalue weighted by Crippen LogP contribution is 2.25. The fourth-order valence-electron chi connectivity index (χ4n) is 3.25. The lowest BCUT2D eigenvalue weighted by atomic mass is 9.91. The molecular weight excluding hydrogens is 316 g/mol. The first-order valence-corrected chi connectivity index (χ1v) is 8.69. The number of aromatic nitrogens is 1. The van der Waals surface area contributed by atoms with Gasteiger partial charge in [0.2, 0.25) is 5.89 Å². The van der Waals surface area contributed by atoms with Crippen LogP contribution in [0.3, 0.4) is 0 Å². The quantitative estimate of drug-likeness (QED) is 0.763. The van der Waals surface area contributed by atoms with Crippen molar-refractivity contribution in [2.24, 2.45) is 5.73 Å². The van der Waals surface area contributed by atoms with Gasteiger partial charge in [-0.2, -0.15) is 0 Å². The van der Waals surface area contributed by atoms with Crippen molar-refractivity contribution in [2.75, 3.05) is 0 Å². The van der Waals surface area contributed by atoms with Crippen LogP contribution in [0.15, 0.2) is 52.9 Å². The molecular formula is C20H22N2O3. The summed E-state index contributed by atoms with van der Waals surface area (Å²) < 4.78 is 11.7. The van der Waals surface area contributed by atoms with E-state index in [-0.39, 0.29) is 12.1 Å². The number of rotatable bonds is 4. The van der Waals surface area contributed by atoms with Gasteiger partial charge in [-0.15, -0.1) is 0 Å². The molecule has 0 unspecified atom stereocenters. The van der Waals surface area contributed by atoms with Crippen LogP contribution < -0.4 is 5.73 Å². The molecule has 130 valence electrons. The van der Waals surface area contributed by atoms with Gasteiger partial charge in [0, 0.05) is 11.6 Å². The lowest BCUT2D eigenvalue weighted by Gasteiger charge is -2.30. The summed E-state index contributed by atoms with van der Waals surface area (Å²) in [7, 11) is 0. The van der Waals surface area contributed by atoms with Crippen molar-refractivity contribution in [2.45, 2.75) is 44.1 Å². The fourth-order valence-corrected chi connectivity index (χ4v) is 3.25. The van der Waals surface area contributed by atoms with E-state index in [4.69, 9.17) is 14.9 Å². The molecule has 3 atom stereocenters. The van der Waals surface area contributed by atoms with Crippen LogP contribution in [0, 0.1) is 0 Å². The molecule has 0 radical (unpaired) electrons. The Kier molecular flexibility index (Phi) is 4.53. The minimum Gasteiger partial charge on any atom is -0.436 e. The highest BCUT2D eigenvalue weighted by molar-refractivity contribution is 5.75. The van der Waals surface area contributed by atoms with Crippen molar-refractivity contribution >= 4 is 11.1 Å². The van der Waals surface area contributed by atoms with Crippen molar-refractivity contribution in [1.82, 2.24) is 4.98 Å². The lowest BCUT2D eigenvalue weighted by Crippen LogP contribution is -2.42. The van der Waals surface area contributed by atoms with E-state index in [9.17, 15) is 5.11 Å². The van der Waals surface area contributed by atoms with Crippen LogP contribution in [0.25, 0.3) is 22.6 Å². The number of hydrogen-bond acceptors (Lipinski definition) is 5. The normalized spacial score (nSPS) is 23.8. The molecule has 1 aromatic heterocycles. The molecule has 0 amide bonds. The largest absolute Gasteiger partial charge is 0.436 e. The minimum atomic E-state index is -0.393. The van der Waals surface area contributed by atoms with Crippen molar-refractivity contribution in [3.63, 3.8) is 0 Å². The van der Waals surface area contributed by atoms with Crippen molar-refractivity contribution in [1.29, 1.82) is 0 Å². The molecule has 0 saturated heterocycles. The van der Waals surface area contributed by atoms with Gasteiger partial charge in [-0.25, -0.2) is 4.98 Å². The van der Waals surface area contributed by atoms with E-state index in [1.807, 2.05) is 48.5 Å². The summed E-state index contributed by atoms with van der Waals surface area (Å²) in [6.45, 7) is 0.543. The molecule has 0 spiro atoms. The summed E-state index contributed by atoms with van der Waals surface area (Å²) >= 11 is 0. The molecule has 1 aliphatic rings. The highest BCUT2D eigenvalue weighted by Gasteiger charge is 2.26. The smallest absolute Gasteiger partial charge is 0.227 e. The summed E-state index contributed by atoms with van der Waals surface area (Å²) in [5.41, 5.74) is 9.60. The number of aliphatic hydroxyl groups is 1. The number of fused-ring (bicyclic) bond motifs is 1. The second-order valence-corrected chi connectivity index (χ2v) is 6.66. The average Bonchev–Trinajstić information content (AvgIpc) is 3.07. The van der Waals surface area contributed by atoms with Crippen LogP contribution in [0.2, 0.25) is 0 Å². The maximum Gasteiger partial charge on any atom is 0.227 e. The second kappa shape index (κ2) is 6.96. The number of aliphatic hydroxyl groups excluding tert-OH is 1. The maximum atomic E-state index is 9.68. The zero-order valence-corrected chi connectivity index (χ0v) is 14.0. The van der Waals surface area contributed by atoms with Gasteiger partial charge in [0.25, 0.3) is 0 Å². The summed E-state index contributed by atoms with van der Waals surface area (Å²) in [5.74, 6) is 0.626. The number of benzene rings is 2. The number of hydrogen-bond donors (Lipinski definition) is 2. The highest BCUT2D eigenvalue weighted by atomic mass is 16.5. The van der Waals surface area contributed by atoms with Gasteiger partial charge in [-0.3, -0.25) is 0 Å². The van der Waals surface area contributed by atoms with Crippen LogP contribution in [-0.2, 0) is 11.3 Å². The monoisotopic (exact) mass is 338 g/mol. The van der Waals surface area contributed by atoms with E-state index in [1.165, 1.54) is 0 Å². The first-order chi connectivity index (χ1) is 12.2. The molecule has 4 rings (SSSR count). The molecule has 2 aromatic carbocycles. The van der Waals surface area contributed by atoms with E-state index in [0.717, 1.165) is 28.6 Å². The van der Waals surface area contributed by atoms with Crippen LogP contribution >= 0.6 is 0 Å². The van der Waals surface area contributed by atoms with Gasteiger partial charge in [-0.05, 0) is 49.1 Å². The Morgan fingerprint density at radius 3 is 2.68 bits per heavy atom. The van der Waals surface area contributed by atoms with Crippen LogP contribution in [0.1, 0.15) is 24.8 Å². The Morgan fingerprint density at radius 2 is 1.92 bits per heavy atom. The van der Waals surface area contributed by atoms with Gasteiger partial charge < -0.3 is 20.0 Å². The molecule has 1 heterocycles. The number of para-hydroxylation sites is 2. The fraction of sp³-hybridized carbons (Fsp3) is 0.350. The van der Waals surface area contributed by atoms with Crippen molar-refractivity contribution in [3.05, 3.63) is 54.1 Å². The van der Waals surface area contributed by atoms with E-state index in [2.05, 4.69) is 4.98 Å². The first-order valence-electron chi connectivity index (χ1n) is 8.69. The number of oxazole rings is 1. The summed E-state index contributed by atoms with van der Waals surface area (Å²) in [4.78, 5) is 4.51. The molecule has 5 nitrogen and oxygen atoms in total. The lowest BCUT2D eigenvalue weighted by molar-refractivity contribution is -0.0208. The van der Waals surface area contributed by atoms with Gasteiger partial charge in [0.15, 0.2) is 5.58 Å². The van der Waals surface area contributed by atoms with E-state index in [0.29, 0.717) is 25.3 Å². The Morgan fingerprint density at radius 1 is 1.12 bits per heavy atom. The molecule has 3 N–H and O–H groups in total. The predicted octanol–water partition coefficient (Wildman–Crippen LogP) is 3.25. The molecule has 5 heteroatoms. The van der Waals surface area contributed by atoms with Gasteiger partial charge in [0.05, 0.1) is 18.8 Å². The third-order valence-corrected chi connectivity index (χ3v) is 4.79. The Bertz CT molecular complexity index is 811. The zero-order valence-electron chi connectivity index (χ0n) is 14.0. The van der Waals surface area contributed by atoms with E-state index >= 15 is 0 Å². The zero-order chi connectivity index (χ0) is 17.2. The van der Waals surface area contributed by atoms with E-state index in [1.54, 1.807) is 0 Å². The molecule has 1 aliphatic carbocycles. The summed E-state index contributed by atoms with van der Waals surface area (Å²) in [6.07, 6.45) is 2.01. The molecule has 0 bridgehead atoms. The third-order valence-electron chi connectivity index (χ3n) is 4.79. The molecule has 1 fully saturated rings. The third kappa shape index (κ3) is 3.58. The van der Waals surface area contributed by atoms with Gasteiger partial charge in [0.1, 0.15) is 5.52 Å². The molecule has 25 heavy (non-hydrogen) atoms. The number of nitrogens with two attached hydrogens (primary N) is 1. The van der Waals surface area contributed by atoms with Gasteiger partial charge >= 0.3 is 0 Å². The van der Waals surface area contributed by atoms with Crippen LogP contribution in [0.5, 0.6) is 0 Å². The van der Waals surface area contributed by atoms with Crippen molar-refractivity contribution in [3.8, 4) is 11.5 Å². The Labute approximate surface area is 146 Å². The standard InChI is InChI=1S/C20H22N2O3/c21-16-11-15(9-10-18(16)23)24-12-13-5-7-14(8-6-13)20-22-17-3-1-2-4-19(17)25-20/h1-8,15-16,18,23H,9-12,21H2/t15-,16+,18+/m1/s1.